The van der Waals surface area contributed by atoms with Crippen LogP contribution in [0.15, 0.2) is 12.1 Å². The summed E-state index contributed by atoms with van der Waals surface area (Å²) in [6.07, 6.45) is 4.82. The molecule has 1 saturated carbocycles. The van der Waals surface area contributed by atoms with Crippen LogP contribution in [0.25, 0.3) is 0 Å². The zero-order valence-electron chi connectivity index (χ0n) is 21.5. The molecule has 2 heterocycles. The Labute approximate surface area is 208 Å². The minimum absolute atomic E-state index is 0.202. The minimum atomic E-state index is -1.18. The molecule has 8 heteroatoms. The molecule has 0 spiro atoms. The molecule has 1 aliphatic carbocycles. The van der Waals surface area contributed by atoms with Crippen molar-refractivity contribution in [3.63, 3.8) is 0 Å². The molecule has 0 bridgehead atoms. The molecule has 1 saturated heterocycles. The van der Waals surface area contributed by atoms with E-state index in [0.717, 1.165) is 56.7 Å². The first-order valence-electron chi connectivity index (χ1n) is 12.9. The van der Waals surface area contributed by atoms with Crippen molar-refractivity contribution in [2.75, 3.05) is 33.9 Å². The van der Waals surface area contributed by atoms with Crippen molar-refractivity contribution >= 4 is 12.1 Å². The first-order valence-corrected chi connectivity index (χ1v) is 12.9. The smallest absolute Gasteiger partial charge is 0.408 e. The molecular weight excluding hydrogens is 448 g/mol. The predicted octanol–water partition coefficient (Wildman–Crippen LogP) is 4.41. The fraction of sp³-hybridized carbons (Fsp3) is 0.704. The lowest BCUT2D eigenvalue weighted by molar-refractivity contribution is -0.144. The SMILES string of the molecule is COc1cc2c(cc1OC)C1CC(COC(=O)NC3(C(=O)O)CCCC3)C(CC(C)C)CN1CC2. The summed E-state index contributed by atoms with van der Waals surface area (Å²) >= 11 is 0. The van der Waals surface area contributed by atoms with Gasteiger partial charge >= 0.3 is 12.1 Å². The number of hydrogen-bond acceptors (Lipinski definition) is 6. The number of fused-ring (bicyclic) bond motifs is 3. The Bertz CT molecular complexity index is 926. The number of carboxylic acid groups (broad SMARTS) is 1. The molecule has 1 aromatic rings. The summed E-state index contributed by atoms with van der Waals surface area (Å²) in [4.78, 5) is 27.1. The van der Waals surface area contributed by atoms with Gasteiger partial charge in [-0.25, -0.2) is 9.59 Å². The van der Waals surface area contributed by atoms with E-state index in [1.807, 2.05) is 0 Å². The van der Waals surface area contributed by atoms with Crippen molar-refractivity contribution in [2.24, 2.45) is 17.8 Å². The Hall–Kier alpha value is -2.48. The maximum Gasteiger partial charge on any atom is 0.408 e. The normalized spacial score (nSPS) is 25.5. The van der Waals surface area contributed by atoms with Crippen molar-refractivity contribution in [2.45, 2.75) is 70.4 Å². The number of carbonyl (C=O) groups is 2. The van der Waals surface area contributed by atoms with Crippen molar-refractivity contribution < 1.29 is 28.9 Å². The fourth-order valence-corrected chi connectivity index (χ4v) is 6.37. The van der Waals surface area contributed by atoms with Crippen LogP contribution in [-0.2, 0) is 16.0 Å². The van der Waals surface area contributed by atoms with Crippen molar-refractivity contribution in [3.05, 3.63) is 23.3 Å². The van der Waals surface area contributed by atoms with Crippen LogP contribution in [0.1, 0.15) is 69.5 Å². The minimum Gasteiger partial charge on any atom is -0.493 e. The highest BCUT2D eigenvalue weighted by Gasteiger charge is 2.44. The summed E-state index contributed by atoms with van der Waals surface area (Å²) in [6.45, 7) is 6.72. The van der Waals surface area contributed by atoms with E-state index in [2.05, 4.69) is 36.2 Å². The van der Waals surface area contributed by atoms with Gasteiger partial charge in [0.2, 0.25) is 0 Å². The molecule has 1 aromatic carbocycles. The number of aliphatic carboxylic acids is 1. The quantitative estimate of drug-likeness (QED) is 0.559. The Morgan fingerprint density at radius 1 is 1.14 bits per heavy atom. The number of nitrogens with zero attached hydrogens (tertiary/aromatic N) is 1. The zero-order chi connectivity index (χ0) is 25.2. The zero-order valence-corrected chi connectivity index (χ0v) is 21.5. The van der Waals surface area contributed by atoms with E-state index < -0.39 is 17.6 Å². The molecule has 2 N–H and O–H groups in total. The molecule has 8 nitrogen and oxygen atoms in total. The summed E-state index contributed by atoms with van der Waals surface area (Å²) in [6, 6.07) is 4.44. The first-order chi connectivity index (χ1) is 16.8. The molecule has 0 aromatic heterocycles. The van der Waals surface area contributed by atoms with E-state index in [1.54, 1.807) is 14.2 Å². The second-order valence-corrected chi connectivity index (χ2v) is 10.9. The Morgan fingerprint density at radius 3 is 2.46 bits per heavy atom. The molecule has 3 aliphatic rings. The van der Waals surface area contributed by atoms with Gasteiger partial charge in [-0.2, -0.15) is 0 Å². The van der Waals surface area contributed by atoms with Crippen LogP contribution in [0.5, 0.6) is 11.5 Å². The molecule has 2 aliphatic heterocycles. The Kier molecular flexibility index (Phi) is 7.79. The number of alkyl carbamates (subject to hydrolysis) is 1. The van der Waals surface area contributed by atoms with Gasteiger partial charge in [0.1, 0.15) is 5.54 Å². The summed E-state index contributed by atoms with van der Waals surface area (Å²) in [5, 5.41) is 12.4. The first kappa shape index (κ1) is 25.6. The van der Waals surface area contributed by atoms with Crippen LogP contribution < -0.4 is 14.8 Å². The van der Waals surface area contributed by atoms with E-state index in [4.69, 9.17) is 14.2 Å². The van der Waals surface area contributed by atoms with Gasteiger partial charge in [-0.1, -0.05) is 26.7 Å². The lowest BCUT2D eigenvalue weighted by Gasteiger charge is -2.47. The van der Waals surface area contributed by atoms with Crippen LogP contribution in [0.2, 0.25) is 0 Å². The van der Waals surface area contributed by atoms with E-state index in [0.29, 0.717) is 31.3 Å². The average Bonchev–Trinajstić information content (AvgIpc) is 3.31. The lowest BCUT2D eigenvalue weighted by Crippen LogP contribution is -2.53. The number of methoxy groups -OCH3 is 2. The van der Waals surface area contributed by atoms with Crippen LogP contribution in [0.4, 0.5) is 4.79 Å². The summed E-state index contributed by atoms with van der Waals surface area (Å²) in [5.41, 5.74) is 1.37. The van der Waals surface area contributed by atoms with Gasteiger partial charge < -0.3 is 24.6 Å². The number of carboxylic acids is 1. The number of amides is 1. The molecule has 194 valence electrons. The monoisotopic (exact) mass is 488 g/mol. The number of piperidine rings is 1. The molecule has 1 amide bonds. The Balaban J connectivity index is 1.50. The standard InChI is InChI=1S/C27H40N2O6/c1-17(2)11-19-15-29-10-7-18-13-23(33-3)24(34-4)14-21(18)22(29)12-20(19)16-35-26(32)28-27(25(30)31)8-5-6-9-27/h13-14,17,19-20,22H,5-12,15-16H2,1-4H3,(H,28,32)(H,30,31). The van der Waals surface area contributed by atoms with Gasteiger partial charge in [0.25, 0.3) is 0 Å². The molecule has 3 unspecified atom stereocenters. The number of carbonyl (C=O) groups excluding carboxylic acids is 1. The summed E-state index contributed by atoms with van der Waals surface area (Å²) < 4.78 is 16.8. The third kappa shape index (κ3) is 5.37. The van der Waals surface area contributed by atoms with Gasteiger partial charge in [0, 0.05) is 19.1 Å². The van der Waals surface area contributed by atoms with E-state index >= 15 is 0 Å². The summed E-state index contributed by atoms with van der Waals surface area (Å²) in [5.74, 6) is 1.68. The number of rotatable bonds is 8. The molecule has 4 rings (SSSR count). The molecular formula is C27H40N2O6. The fourth-order valence-electron chi connectivity index (χ4n) is 6.37. The maximum atomic E-state index is 12.7. The number of ether oxygens (including phenoxy) is 3. The highest BCUT2D eigenvalue weighted by molar-refractivity contribution is 5.84. The van der Waals surface area contributed by atoms with Gasteiger partial charge in [0.15, 0.2) is 11.5 Å². The average molecular weight is 489 g/mol. The molecule has 2 fully saturated rings. The van der Waals surface area contributed by atoms with Crippen molar-refractivity contribution in [1.82, 2.24) is 10.2 Å². The highest BCUT2D eigenvalue weighted by atomic mass is 16.5. The second kappa shape index (κ2) is 10.6. The third-order valence-corrected chi connectivity index (χ3v) is 8.19. The largest absolute Gasteiger partial charge is 0.493 e. The van der Waals surface area contributed by atoms with Gasteiger partial charge in [-0.3, -0.25) is 4.90 Å². The topological polar surface area (TPSA) is 97.3 Å². The van der Waals surface area contributed by atoms with Crippen molar-refractivity contribution in [1.29, 1.82) is 0 Å². The second-order valence-electron chi connectivity index (χ2n) is 10.9. The predicted molar refractivity (Wildman–Crippen MR) is 132 cm³/mol. The third-order valence-electron chi connectivity index (χ3n) is 8.19. The number of hydrogen-bond donors (Lipinski definition) is 2. The number of nitrogens with one attached hydrogen (secondary N) is 1. The van der Waals surface area contributed by atoms with Gasteiger partial charge in [-0.05, 0) is 73.1 Å². The van der Waals surface area contributed by atoms with Gasteiger partial charge in [0.05, 0.1) is 20.8 Å². The van der Waals surface area contributed by atoms with E-state index in [1.165, 1.54) is 11.1 Å². The van der Waals surface area contributed by atoms with Gasteiger partial charge in [-0.15, -0.1) is 0 Å². The van der Waals surface area contributed by atoms with E-state index in [-0.39, 0.29) is 12.0 Å². The summed E-state index contributed by atoms with van der Waals surface area (Å²) in [7, 11) is 3.32. The van der Waals surface area contributed by atoms with Crippen molar-refractivity contribution in [3.8, 4) is 11.5 Å². The van der Waals surface area contributed by atoms with E-state index in [9.17, 15) is 14.7 Å². The van der Waals surface area contributed by atoms with Crippen LogP contribution >= 0.6 is 0 Å². The number of benzene rings is 1. The molecule has 3 atom stereocenters. The Morgan fingerprint density at radius 2 is 1.83 bits per heavy atom. The van der Waals surface area contributed by atoms with Crippen LogP contribution in [0.3, 0.4) is 0 Å². The molecule has 35 heavy (non-hydrogen) atoms. The maximum absolute atomic E-state index is 12.7. The van der Waals surface area contributed by atoms with Crippen LogP contribution in [-0.4, -0.2) is 61.5 Å². The van der Waals surface area contributed by atoms with Crippen LogP contribution in [0, 0.1) is 17.8 Å². The highest BCUT2D eigenvalue weighted by Crippen LogP contribution is 2.45. The molecule has 0 radical (unpaired) electrons. The lowest BCUT2D eigenvalue weighted by atomic mass is 9.74.